The number of benzene rings is 4. The molecule has 0 amide bonds. The SMILES string of the molecule is Cl.Cl.Cl.O=C1c2c(O)ccc(O)c2C(=O)c2c(N3CC3NC3CN3c3ccc(NCCNCCO)c4c3C(=O)c3c(O)ccc(O)c3C4=O)ccc(NCCNCCO)c21. The van der Waals surface area contributed by atoms with Crippen LogP contribution in [0.3, 0.4) is 0 Å². The summed E-state index contributed by atoms with van der Waals surface area (Å²) in [6.07, 6.45) is -0.621. The van der Waals surface area contributed by atoms with Crippen molar-refractivity contribution in [1.29, 1.82) is 0 Å². The summed E-state index contributed by atoms with van der Waals surface area (Å²) in [5.41, 5.74) is 0.803. The van der Waals surface area contributed by atoms with Gasteiger partial charge in [-0.3, -0.25) is 24.5 Å². The zero-order valence-corrected chi connectivity index (χ0v) is 34.2. The molecule has 2 atom stereocenters. The number of phenols is 4. The molecule has 2 unspecified atom stereocenters. The normalized spacial score (nSPS) is 16.7. The Hall–Kier alpha value is -5.37. The molecule has 17 nitrogen and oxygen atoms in total. The molecule has 0 aromatic heterocycles. The highest BCUT2D eigenvalue weighted by Crippen LogP contribution is 2.47. The molecule has 4 aliphatic rings. The number of ketones is 4. The molecule has 2 aliphatic heterocycles. The van der Waals surface area contributed by atoms with Crippen molar-refractivity contribution in [3.05, 3.63) is 93.0 Å². The first-order chi connectivity index (χ1) is 27.6. The minimum absolute atomic E-state index is 0. The van der Waals surface area contributed by atoms with Crippen molar-refractivity contribution in [2.24, 2.45) is 0 Å². The number of aromatic hydroxyl groups is 4. The molecule has 0 spiro atoms. The maximum Gasteiger partial charge on any atom is 0.200 e. The Labute approximate surface area is 362 Å². The molecule has 0 saturated carbocycles. The number of nitrogens with zero attached hydrogens (tertiary/aromatic N) is 2. The number of anilines is 4. The van der Waals surface area contributed by atoms with Gasteiger partial charge >= 0.3 is 0 Å². The summed E-state index contributed by atoms with van der Waals surface area (Å²) in [7, 11) is 0. The molecular weight excluding hydrogens is 845 g/mol. The number of hydrogen-bond acceptors (Lipinski definition) is 17. The van der Waals surface area contributed by atoms with Crippen LogP contribution in [0, 0.1) is 0 Å². The fourth-order valence-corrected chi connectivity index (χ4v) is 7.77. The van der Waals surface area contributed by atoms with Crippen LogP contribution >= 0.6 is 37.2 Å². The number of carbonyl (C=O) groups is 4. The lowest BCUT2D eigenvalue weighted by Crippen LogP contribution is -2.31. The number of fused-ring (bicyclic) bond motifs is 4. The van der Waals surface area contributed by atoms with E-state index in [0.29, 0.717) is 75.1 Å². The van der Waals surface area contributed by atoms with Crippen molar-refractivity contribution >= 4 is 83.1 Å². The maximum absolute atomic E-state index is 14.1. The van der Waals surface area contributed by atoms with Crippen LogP contribution in [0.2, 0.25) is 0 Å². The Balaban J connectivity index is 0.00000228. The molecule has 4 aromatic carbocycles. The van der Waals surface area contributed by atoms with Crippen LogP contribution < -0.4 is 36.4 Å². The number of hydrogen-bond donors (Lipinski definition) is 11. The van der Waals surface area contributed by atoms with Crippen molar-refractivity contribution in [3.8, 4) is 23.0 Å². The number of nitrogens with one attached hydrogen (secondary N) is 5. The minimum atomic E-state index is -0.621. The van der Waals surface area contributed by atoms with Gasteiger partial charge < -0.3 is 61.7 Å². The van der Waals surface area contributed by atoms with Gasteiger partial charge in [0.2, 0.25) is 23.1 Å². The molecule has 2 saturated heterocycles. The first-order valence-corrected chi connectivity index (χ1v) is 18.6. The Morgan fingerprint density at radius 3 is 1.12 bits per heavy atom. The second-order valence-electron chi connectivity index (χ2n) is 14.1. The van der Waals surface area contributed by atoms with Gasteiger partial charge in [-0.05, 0) is 48.5 Å². The highest BCUT2D eigenvalue weighted by Gasteiger charge is 2.48. The van der Waals surface area contributed by atoms with Gasteiger partial charge in [0.1, 0.15) is 23.0 Å². The molecule has 4 aromatic rings. The van der Waals surface area contributed by atoms with Gasteiger partial charge in [-0.25, -0.2) is 0 Å². The standard InChI is InChI=1S/C40H41N7O10.3ClH/c48-15-13-41-9-11-43-19-1-3-21(31-29(19)37(54)33-23(50)5-7-25(52)35(33)39(31)56)46-17-27(46)45-28-18-47(28)22-4-2-20(44-12-10-42-14-16-49)30-32(22)40(57)36-26(53)8-6-24(51)34(36)38(30)55;;;/h1-8,27-28,41-45,48-53H,9-18H2;3*1H. The monoisotopic (exact) mass is 887 g/mol. The van der Waals surface area contributed by atoms with E-state index >= 15 is 0 Å². The lowest BCUT2D eigenvalue weighted by atomic mass is 9.81. The van der Waals surface area contributed by atoms with Crippen molar-refractivity contribution in [2.75, 3.05) is 86.0 Å². The summed E-state index contributed by atoms with van der Waals surface area (Å²) in [5, 5.41) is 76.8. The van der Waals surface area contributed by atoms with Gasteiger partial charge in [0.15, 0.2) is 0 Å². The van der Waals surface area contributed by atoms with Crippen LogP contribution in [0.4, 0.5) is 22.7 Å². The zero-order chi connectivity index (χ0) is 40.1. The van der Waals surface area contributed by atoms with E-state index in [4.69, 9.17) is 10.2 Å². The Morgan fingerprint density at radius 1 is 0.450 bits per heavy atom. The summed E-state index contributed by atoms with van der Waals surface area (Å²) >= 11 is 0. The van der Waals surface area contributed by atoms with Gasteiger partial charge in [-0.15, -0.1) is 37.2 Å². The molecule has 320 valence electrons. The van der Waals surface area contributed by atoms with Crippen LogP contribution in [0.25, 0.3) is 0 Å². The van der Waals surface area contributed by atoms with Crippen molar-refractivity contribution in [3.63, 3.8) is 0 Å². The highest BCUT2D eigenvalue weighted by atomic mass is 35.5. The van der Waals surface area contributed by atoms with Gasteiger partial charge in [-0.1, -0.05) is 0 Å². The average molecular weight is 889 g/mol. The summed E-state index contributed by atoms with van der Waals surface area (Å²) in [5.74, 6) is -4.19. The highest BCUT2D eigenvalue weighted by molar-refractivity contribution is 6.34. The van der Waals surface area contributed by atoms with Gasteiger partial charge in [-0.2, -0.15) is 0 Å². The summed E-state index contributed by atoms with van der Waals surface area (Å²) in [6.45, 7) is 3.20. The molecule has 20 heteroatoms. The van der Waals surface area contributed by atoms with E-state index in [2.05, 4.69) is 26.6 Å². The first kappa shape index (κ1) is 45.7. The Bertz CT molecular complexity index is 2210. The fourth-order valence-electron chi connectivity index (χ4n) is 7.77. The van der Waals surface area contributed by atoms with E-state index in [1.54, 1.807) is 24.3 Å². The first-order valence-electron chi connectivity index (χ1n) is 18.6. The largest absolute Gasteiger partial charge is 0.507 e. The van der Waals surface area contributed by atoms with Crippen molar-refractivity contribution in [2.45, 2.75) is 12.3 Å². The number of carbonyl (C=O) groups excluding carboxylic acids is 4. The fraction of sp³-hybridized carbons (Fsp3) is 0.300. The lowest BCUT2D eigenvalue weighted by molar-refractivity contribution is 0.0975. The second kappa shape index (κ2) is 18.5. The van der Waals surface area contributed by atoms with E-state index in [0.717, 1.165) is 0 Å². The van der Waals surface area contributed by atoms with Gasteiger partial charge in [0.25, 0.3) is 0 Å². The van der Waals surface area contributed by atoms with E-state index in [-0.39, 0.29) is 107 Å². The zero-order valence-electron chi connectivity index (χ0n) is 31.8. The predicted octanol–water partition coefficient (Wildman–Crippen LogP) is 1.89. The van der Waals surface area contributed by atoms with Crippen LogP contribution in [-0.2, 0) is 0 Å². The molecule has 0 bridgehead atoms. The predicted molar refractivity (Wildman–Crippen MR) is 230 cm³/mol. The number of rotatable bonds is 16. The van der Waals surface area contributed by atoms with E-state index in [1.165, 1.54) is 24.3 Å². The maximum atomic E-state index is 14.1. The molecule has 2 aliphatic carbocycles. The second-order valence-corrected chi connectivity index (χ2v) is 14.1. The Kier molecular flexibility index (Phi) is 14.1. The van der Waals surface area contributed by atoms with Crippen LogP contribution in [0.5, 0.6) is 23.0 Å². The average Bonchev–Trinajstić information content (AvgIpc) is 4.14. The topological polar surface area (TPSA) is 256 Å². The van der Waals surface area contributed by atoms with Gasteiger partial charge in [0, 0.05) is 50.6 Å². The number of aliphatic hydroxyl groups is 2. The lowest BCUT2D eigenvalue weighted by Gasteiger charge is -2.25. The third-order valence-electron chi connectivity index (χ3n) is 10.5. The van der Waals surface area contributed by atoms with Crippen LogP contribution in [0.1, 0.15) is 63.7 Å². The smallest absolute Gasteiger partial charge is 0.200 e. The van der Waals surface area contributed by atoms with E-state index < -0.39 is 46.1 Å². The summed E-state index contributed by atoms with van der Waals surface area (Å²) in [6, 6.07) is 11.5. The van der Waals surface area contributed by atoms with E-state index in [9.17, 15) is 39.6 Å². The molecular formula is C40H44Cl3N7O10. The number of halogens is 3. The molecule has 2 fully saturated rings. The summed E-state index contributed by atoms with van der Waals surface area (Å²) < 4.78 is 0. The molecule has 60 heavy (non-hydrogen) atoms. The number of aliphatic hydroxyl groups excluding tert-OH is 2. The molecule has 2 heterocycles. The van der Waals surface area contributed by atoms with Crippen molar-refractivity contribution < 1.29 is 49.8 Å². The van der Waals surface area contributed by atoms with Crippen LogP contribution in [0.15, 0.2) is 48.5 Å². The quantitative estimate of drug-likeness (QED) is 0.0377. The third-order valence-corrected chi connectivity index (χ3v) is 10.5. The van der Waals surface area contributed by atoms with Gasteiger partial charge in [0.05, 0.1) is 94.5 Å². The third kappa shape index (κ3) is 7.98. The Morgan fingerprint density at radius 2 is 0.783 bits per heavy atom. The van der Waals surface area contributed by atoms with Crippen LogP contribution in [-0.4, -0.2) is 132 Å². The van der Waals surface area contributed by atoms with E-state index in [1.807, 2.05) is 9.80 Å². The summed E-state index contributed by atoms with van der Waals surface area (Å²) in [4.78, 5) is 60.0. The number of phenolic OH excluding ortho intramolecular Hbond substituents is 4. The molecule has 8 rings (SSSR count). The van der Waals surface area contributed by atoms with Crippen molar-refractivity contribution in [1.82, 2.24) is 16.0 Å². The molecule has 0 radical (unpaired) electrons. The minimum Gasteiger partial charge on any atom is -0.507 e. The molecule has 11 N–H and O–H groups in total.